The lowest BCUT2D eigenvalue weighted by Crippen LogP contribution is -2.33. The minimum atomic E-state index is 0.577. The van der Waals surface area contributed by atoms with E-state index in [-0.39, 0.29) is 0 Å². The molecule has 2 nitrogen and oxygen atoms in total. The average Bonchev–Trinajstić information content (AvgIpc) is 2.21. The van der Waals surface area contributed by atoms with Crippen molar-refractivity contribution >= 4 is 11.8 Å². The van der Waals surface area contributed by atoms with Gasteiger partial charge in [0.05, 0.1) is 0 Å². The highest BCUT2D eigenvalue weighted by atomic mass is 32.2. The van der Waals surface area contributed by atoms with Crippen LogP contribution in [0.15, 0.2) is 29.4 Å². The van der Waals surface area contributed by atoms with Gasteiger partial charge in [0.1, 0.15) is 0 Å². The fraction of sp³-hybridized carbons (Fsp3) is 0.545. The molecule has 0 fully saturated rings. The Morgan fingerprint density at radius 3 is 2.57 bits per heavy atom. The third-order valence-electron chi connectivity index (χ3n) is 2.35. The van der Waals surface area contributed by atoms with E-state index in [1.807, 2.05) is 31.2 Å². The number of hydrogen-bond donors (Lipinski definition) is 1. The molecular formula is C11H18N2S. The van der Waals surface area contributed by atoms with Crippen molar-refractivity contribution in [3.8, 4) is 0 Å². The summed E-state index contributed by atoms with van der Waals surface area (Å²) in [6.45, 7) is 4.47. The van der Waals surface area contributed by atoms with Crippen molar-refractivity contribution in [2.45, 2.75) is 36.5 Å². The molecule has 1 aromatic rings. The van der Waals surface area contributed by atoms with E-state index < -0.39 is 0 Å². The number of hydrogen-bond acceptors (Lipinski definition) is 3. The lowest BCUT2D eigenvalue weighted by atomic mass is 10.2. The quantitative estimate of drug-likeness (QED) is 0.756. The highest BCUT2D eigenvalue weighted by molar-refractivity contribution is 8.00. The Labute approximate surface area is 90.5 Å². The van der Waals surface area contributed by atoms with E-state index in [1.54, 1.807) is 0 Å². The molecule has 0 aliphatic rings. The van der Waals surface area contributed by atoms with Crippen LogP contribution in [0.1, 0.15) is 20.3 Å². The summed E-state index contributed by atoms with van der Waals surface area (Å²) in [6.07, 6.45) is 4.85. The molecule has 78 valence electrons. The fourth-order valence-electron chi connectivity index (χ4n) is 1.48. The maximum atomic E-state index is 4.01. The van der Waals surface area contributed by atoms with Crippen LogP contribution in [0.3, 0.4) is 0 Å². The fourth-order valence-corrected chi connectivity index (χ4v) is 2.69. The Morgan fingerprint density at radius 2 is 2.07 bits per heavy atom. The SMILES string of the molecule is CCC(NC)C(C)Sc1ccncc1. The van der Waals surface area contributed by atoms with Crippen molar-refractivity contribution in [3.63, 3.8) is 0 Å². The van der Waals surface area contributed by atoms with Gasteiger partial charge in [-0.15, -0.1) is 11.8 Å². The summed E-state index contributed by atoms with van der Waals surface area (Å²) in [4.78, 5) is 5.30. The lowest BCUT2D eigenvalue weighted by Gasteiger charge is -2.21. The molecule has 1 aromatic heterocycles. The van der Waals surface area contributed by atoms with E-state index in [2.05, 4.69) is 36.3 Å². The summed E-state index contributed by atoms with van der Waals surface area (Å²) in [7, 11) is 2.03. The van der Waals surface area contributed by atoms with Gasteiger partial charge >= 0.3 is 0 Å². The monoisotopic (exact) mass is 210 g/mol. The van der Waals surface area contributed by atoms with E-state index in [0.29, 0.717) is 11.3 Å². The molecule has 0 amide bonds. The minimum Gasteiger partial charge on any atom is -0.316 e. The van der Waals surface area contributed by atoms with Gasteiger partial charge in [-0.3, -0.25) is 4.98 Å². The Morgan fingerprint density at radius 1 is 1.43 bits per heavy atom. The predicted molar refractivity (Wildman–Crippen MR) is 62.7 cm³/mol. The van der Waals surface area contributed by atoms with Gasteiger partial charge in [-0.1, -0.05) is 13.8 Å². The molecule has 1 rings (SSSR count). The first kappa shape index (κ1) is 11.5. The standard InChI is InChI=1S/C11H18N2S/c1-4-11(12-3)9(2)14-10-5-7-13-8-6-10/h5-9,11-12H,4H2,1-3H3. The van der Waals surface area contributed by atoms with E-state index in [1.165, 1.54) is 4.90 Å². The Kier molecular flexibility index (Phi) is 4.98. The van der Waals surface area contributed by atoms with Gasteiger partial charge in [-0.2, -0.15) is 0 Å². The van der Waals surface area contributed by atoms with Crippen LogP contribution in [0, 0.1) is 0 Å². The van der Waals surface area contributed by atoms with Crippen LogP contribution in [0.25, 0.3) is 0 Å². The summed E-state index contributed by atoms with van der Waals surface area (Å²) in [5, 5.41) is 3.93. The highest BCUT2D eigenvalue weighted by Crippen LogP contribution is 2.25. The second kappa shape index (κ2) is 6.04. The molecule has 2 atom stereocenters. The lowest BCUT2D eigenvalue weighted by molar-refractivity contribution is 0.541. The molecule has 0 bridgehead atoms. The van der Waals surface area contributed by atoms with Gasteiger partial charge in [0.25, 0.3) is 0 Å². The molecule has 0 saturated carbocycles. The second-order valence-electron chi connectivity index (χ2n) is 3.31. The van der Waals surface area contributed by atoms with Crippen molar-refractivity contribution in [1.82, 2.24) is 10.3 Å². The molecular weight excluding hydrogens is 192 g/mol. The number of pyridine rings is 1. The molecule has 0 aromatic carbocycles. The predicted octanol–water partition coefficient (Wildman–Crippen LogP) is 2.56. The van der Waals surface area contributed by atoms with Gasteiger partial charge in [-0.05, 0) is 25.6 Å². The van der Waals surface area contributed by atoms with Gasteiger partial charge in [0.2, 0.25) is 0 Å². The average molecular weight is 210 g/mol. The molecule has 0 saturated heterocycles. The van der Waals surface area contributed by atoms with Crippen molar-refractivity contribution in [2.75, 3.05) is 7.05 Å². The normalized spacial score (nSPS) is 15.1. The number of aromatic nitrogens is 1. The molecule has 0 radical (unpaired) electrons. The smallest absolute Gasteiger partial charge is 0.0278 e. The summed E-state index contributed by atoms with van der Waals surface area (Å²) in [5.74, 6) is 0. The van der Waals surface area contributed by atoms with Crippen LogP contribution in [0.4, 0.5) is 0 Å². The first-order valence-corrected chi connectivity index (χ1v) is 5.89. The van der Waals surface area contributed by atoms with Crippen LogP contribution in [-0.2, 0) is 0 Å². The van der Waals surface area contributed by atoms with Crippen molar-refractivity contribution in [2.24, 2.45) is 0 Å². The van der Waals surface area contributed by atoms with Crippen molar-refractivity contribution in [1.29, 1.82) is 0 Å². The highest BCUT2D eigenvalue weighted by Gasteiger charge is 2.13. The van der Waals surface area contributed by atoms with E-state index >= 15 is 0 Å². The molecule has 0 spiro atoms. The molecule has 2 unspecified atom stereocenters. The van der Waals surface area contributed by atoms with Crippen LogP contribution >= 0.6 is 11.8 Å². The third-order valence-corrected chi connectivity index (χ3v) is 3.59. The number of nitrogens with zero attached hydrogens (tertiary/aromatic N) is 1. The summed E-state index contributed by atoms with van der Waals surface area (Å²) in [6, 6.07) is 4.70. The first-order valence-electron chi connectivity index (χ1n) is 5.01. The molecule has 1 heterocycles. The maximum absolute atomic E-state index is 4.01. The Bertz CT molecular complexity index is 247. The number of thioether (sulfide) groups is 1. The van der Waals surface area contributed by atoms with Crippen LogP contribution in [0.5, 0.6) is 0 Å². The van der Waals surface area contributed by atoms with Gasteiger partial charge in [0, 0.05) is 28.6 Å². The zero-order valence-corrected chi connectivity index (χ0v) is 9.84. The van der Waals surface area contributed by atoms with Crippen LogP contribution < -0.4 is 5.32 Å². The Hall–Kier alpha value is -0.540. The topological polar surface area (TPSA) is 24.9 Å². The number of nitrogens with one attached hydrogen (secondary N) is 1. The zero-order valence-electron chi connectivity index (χ0n) is 9.03. The van der Waals surface area contributed by atoms with Crippen molar-refractivity contribution in [3.05, 3.63) is 24.5 Å². The number of rotatable bonds is 5. The van der Waals surface area contributed by atoms with Crippen LogP contribution in [0.2, 0.25) is 0 Å². The summed E-state index contributed by atoms with van der Waals surface area (Å²) >= 11 is 1.90. The molecule has 0 aliphatic carbocycles. The molecule has 3 heteroatoms. The van der Waals surface area contributed by atoms with Gasteiger partial charge in [0.15, 0.2) is 0 Å². The van der Waals surface area contributed by atoms with E-state index in [9.17, 15) is 0 Å². The zero-order chi connectivity index (χ0) is 10.4. The first-order chi connectivity index (χ1) is 6.77. The largest absolute Gasteiger partial charge is 0.316 e. The third kappa shape index (κ3) is 3.31. The van der Waals surface area contributed by atoms with Gasteiger partial charge < -0.3 is 5.32 Å². The molecule has 14 heavy (non-hydrogen) atoms. The summed E-state index contributed by atoms with van der Waals surface area (Å²) in [5.41, 5.74) is 0. The van der Waals surface area contributed by atoms with Gasteiger partial charge in [-0.25, -0.2) is 0 Å². The molecule has 1 N–H and O–H groups in total. The van der Waals surface area contributed by atoms with E-state index in [0.717, 1.165) is 6.42 Å². The minimum absolute atomic E-state index is 0.577. The Balaban J connectivity index is 2.52. The van der Waals surface area contributed by atoms with Crippen LogP contribution in [-0.4, -0.2) is 23.3 Å². The second-order valence-corrected chi connectivity index (χ2v) is 4.76. The molecule has 0 aliphatic heterocycles. The van der Waals surface area contributed by atoms with E-state index in [4.69, 9.17) is 0 Å². The maximum Gasteiger partial charge on any atom is 0.0278 e. The van der Waals surface area contributed by atoms with Crippen molar-refractivity contribution < 1.29 is 0 Å². The summed E-state index contributed by atoms with van der Waals surface area (Å²) < 4.78 is 0.